The van der Waals surface area contributed by atoms with Gasteiger partial charge in [-0.2, -0.15) is 5.10 Å². The second-order valence-electron chi connectivity index (χ2n) is 8.96. The molecule has 7 nitrogen and oxygen atoms in total. The van der Waals surface area contributed by atoms with Gasteiger partial charge in [-0.05, 0) is 51.0 Å². The maximum absolute atomic E-state index is 13.1. The highest BCUT2D eigenvalue weighted by molar-refractivity contribution is 9.10. The molecule has 33 heavy (non-hydrogen) atoms. The van der Waals surface area contributed by atoms with Crippen molar-refractivity contribution in [1.29, 1.82) is 0 Å². The topological polar surface area (TPSA) is 87.5 Å². The maximum atomic E-state index is 13.1. The number of nitrogens with one attached hydrogen (secondary N) is 1. The van der Waals surface area contributed by atoms with Gasteiger partial charge in [-0.25, -0.2) is 4.79 Å². The largest absolute Gasteiger partial charge is 0.465 e. The summed E-state index contributed by atoms with van der Waals surface area (Å²) in [5.41, 5.74) is 2.77. The number of hydrogen-bond acceptors (Lipinski definition) is 3. The number of carbonyl (C=O) groups excluding carboxylic acids is 1. The Morgan fingerprint density at radius 2 is 1.85 bits per heavy atom. The molecule has 2 amide bonds. The van der Waals surface area contributed by atoms with Crippen LogP contribution in [0.4, 0.5) is 4.79 Å². The van der Waals surface area contributed by atoms with Gasteiger partial charge in [0.25, 0.3) is 5.91 Å². The minimum atomic E-state index is -1.02. The summed E-state index contributed by atoms with van der Waals surface area (Å²) in [5, 5.41) is 17.0. The minimum Gasteiger partial charge on any atom is -0.465 e. The van der Waals surface area contributed by atoms with Crippen molar-refractivity contribution < 1.29 is 14.7 Å². The lowest BCUT2D eigenvalue weighted by atomic mass is 10.0. The number of aromatic nitrogens is 2. The maximum Gasteiger partial charge on any atom is 0.407 e. The van der Waals surface area contributed by atoms with E-state index in [-0.39, 0.29) is 12.5 Å². The molecule has 0 saturated heterocycles. The standard InChI is InChI=1S/C25H29BrN4O3/c1-25(2,3)30(24(32)33)16-19(14-17-8-6-5-7-9-17)28-23(31)18-10-11-20(21(26)15-18)22-12-13-27-29(22)4/h5-13,15,19H,14,16H2,1-4H3,(H,28,31)(H,32,33). The predicted molar refractivity (Wildman–Crippen MR) is 132 cm³/mol. The highest BCUT2D eigenvalue weighted by atomic mass is 79.9. The Morgan fingerprint density at radius 1 is 1.15 bits per heavy atom. The van der Waals surface area contributed by atoms with Crippen molar-refractivity contribution in [1.82, 2.24) is 20.0 Å². The fourth-order valence-corrected chi connectivity index (χ4v) is 4.27. The van der Waals surface area contributed by atoms with Crippen molar-refractivity contribution in [3.63, 3.8) is 0 Å². The molecule has 1 atom stereocenters. The van der Waals surface area contributed by atoms with Crippen molar-refractivity contribution in [3.8, 4) is 11.3 Å². The first-order valence-electron chi connectivity index (χ1n) is 10.7. The third-order valence-electron chi connectivity index (χ3n) is 5.43. The van der Waals surface area contributed by atoms with Crippen LogP contribution in [-0.2, 0) is 13.5 Å². The van der Waals surface area contributed by atoms with Gasteiger partial charge in [0.2, 0.25) is 0 Å². The average Bonchev–Trinajstić information content (AvgIpc) is 3.17. The van der Waals surface area contributed by atoms with Crippen LogP contribution in [0.25, 0.3) is 11.3 Å². The molecule has 8 heteroatoms. The summed E-state index contributed by atoms with van der Waals surface area (Å²) < 4.78 is 2.54. The number of amides is 2. The van der Waals surface area contributed by atoms with Crippen molar-refractivity contribution in [2.75, 3.05) is 6.54 Å². The molecule has 174 valence electrons. The Kier molecular flexibility index (Phi) is 7.58. The van der Waals surface area contributed by atoms with Crippen molar-refractivity contribution in [2.45, 2.75) is 38.8 Å². The Labute approximate surface area is 202 Å². The van der Waals surface area contributed by atoms with Gasteiger partial charge >= 0.3 is 6.09 Å². The quantitative estimate of drug-likeness (QED) is 0.467. The second kappa shape index (κ2) is 10.2. The lowest BCUT2D eigenvalue weighted by Crippen LogP contribution is -2.53. The zero-order chi connectivity index (χ0) is 24.2. The number of carboxylic acid groups (broad SMARTS) is 1. The third kappa shape index (κ3) is 6.22. The molecule has 0 aliphatic heterocycles. The van der Waals surface area contributed by atoms with Crippen LogP contribution in [0.15, 0.2) is 65.3 Å². The van der Waals surface area contributed by atoms with Crippen LogP contribution in [-0.4, -0.2) is 49.9 Å². The van der Waals surface area contributed by atoms with E-state index >= 15 is 0 Å². The number of aryl methyl sites for hydroxylation is 1. The molecule has 1 aromatic heterocycles. The number of rotatable bonds is 7. The van der Waals surface area contributed by atoms with Gasteiger partial charge in [0, 0.05) is 40.9 Å². The molecule has 0 bridgehead atoms. The molecule has 0 fully saturated rings. The van der Waals surface area contributed by atoms with Crippen LogP contribution >= 0.6 is 15.9 Å². The average molecular weight is 513 g/mol. The summed E-state index contributed by atoms with van der Waals surface area (Å²) in [6, 6.07) is 16.7. The molecule has 0 aliphatic carbocycles. The molecule has 3 aromatic rings. The number of halogens is 1. The molecule has 0 radical (unpaired) electrons. The highest BCUT2D eigenvalue weighted by Gasteiger charge is 2.29. The molecule has 0 saturated carbocycles. The van der Waals surface area contributed by atoms with Crippen LogP contribution < -0.4 is 5.32 Å². The normalized spacial score (nSPS) is 12.3. The Morgan fingerprint density at radius 3 is 2.39 bits per heavy atom. The van der Waals surface area contributed by atoms with E-state index in [0.717, 1.165) is 21.3 Å². The molecule has 3 rings (SSSR count). The predicted octanol–water partition coefficient (Wildman–Crippen LogP) is 4.97. The van der Waals surface area contributed by atoms with E-state index in [4.69, 9.17) is 0 Å². The fourth-order valence-electron chi connectivity index (χ4n) is 3.69. The van der Waals surface area contributed by atoms with Crippen LogP contribution in [0.1, 0.15) is 36.7 Å². The lowest BCUT2D eigenvalue weighted by molar-refractivity contribution is 0.0822. The van der Waals surface area contributed by atoms with Crippen LogP contribution in [0.2, 0.25) is 0 Å². The van der Waals surface area contributed by atoms with E-state index in [9.17, 15) is 14.7 Å². The zero-order valence-corrected chi connectivity index (χ0v) is 20.8. The van der Waals surface area contributed by atoms with Gasteiger partial charge in [-0.1, -0.05) is 52.3 Å². The number of benzene rings is 2. The molecule has 2 N–H and O–H groups in total. The van der Waals surface area contributed by atoms with Crippen molar-refractivity contribution >= 4 is 27.9 Å². The van der Waals surface area contributed by atoms with Gasteiger partial charge in [0.1, 0.15) is 0 Å². The minimum absolute atomic E-state index is 0.174. The van der Waals surface area contributed by atoms with E-state index < -0.39 is 17.7 Å². The van der Waals surface area contributed by atoms with Crippen LogP contribution in [0.3, 0.4) is 0 Å². The SMILES string of the molecule is Cn1nccc1-c1ccc(C(=O)NC(Cc2ccccc2)CN(C(=O)O)C(C)(C)C)cc1Br. The Bertz CT molecular complexity index is 1120. The summed E-state index contributed by atoms with van der Waals surface area (Å²) in [7, 11) is 1.86. The first-order chi connectivity index (χ1) is 15.6. The van der Waals surface area contributed by atoms with Crippen molar-refractivity contribution in [3.05, 3.63) is 76.4 Å². The van der Waals surface area contributed by atoms with Crippen molar-refractivity contribution in [2.24, 2.45) is 7.05 Å². The molecular weight excluding hydrogens is 484 g/mol. The van der Waals surface area contributed by atoms with Gasteiger partial charge in [0.15, 0.2) is 0 Å². The number of hydrogen-bond donors (Lipinski definition) is 2. The number of carbonyl (C=O) groups is 2. The molecule has 0 aliphatic rings. The van der Waals surface area contributed by atoms with E-state index in [0.29, 0.717) is 12.0 Å². The van der Waals surface area contributed by atoms with Crippen LogP contribution in [0.5, 0.6) is 0 Å². The molecule has 2 aromatic carbocycles. The van der Waals surface area contributed by atoms with E-state index in [2.05, 4.69) is 26.3 Å². The second-order valence-corrected chi connectivity index (χ2v) is 9.81. The molecule has 1 heterocycles. The zero-order valence-electron chi connectivity index (χ0n) is 19.2. The first-order valence-corrected chi connectivity index (χ1v) is 11.5. The highest BCUT2D eigenvalue weighted by Crippen LogP contribution is 2.28. The van der Waals surface area contributed by atoms with Gasteiger partial charge < -0.3 is 15.3 Å². The van der Waals surface area contributed by atoms with Gasteiger partial charge in [-0.15, -0.1) is 0 Å². The van der Waals surface area contributed by atoms with Gasteiger partial charge in [-0.3, -0.25) is 9.48 Å². The number of nitrogens with zero attached hydrogens (tertiary/aromatic N) is 3. The monoisotopic (exact) mass is 512 g/mol. The van der Waals surface area contributed by atoms with E-state index in [1.165, 1.54) is 4.90 Å². The lowest BCUT2D eigenvalue weighted by Gasteiger charge is -2.36. The molecular formula is C25H29BrN4O3. The first kappa shape index (κ1) is 24.5. The smallest absolute Gasteiger partial charge is 0.407 e. The summed E-state index contributed by atoms with van der Waals surface area (Å²) in [6.07, 6.45) is 1.22. The van der Waals surface area contributed by atoms with E-state index in [1.807, 2.05) is 70.3 Å². The van der Waals surface area contributed by atoms with E-state index in [1.54, 1.807) is 23.0 Å². The van der Waals surface area contributed by atoms with Gasteiger partial charge in [0.05, 0.1) is 11.7 Å². The molecule has 0 spiro atoms. The third-order valence-corrected chi connectivity index (χ3v) is 6.09. The molecule has 1 unspecified atom stereocenters. The summed E-state index contributed by atoms with van der Waals surface area (Å²) in [4.78, 5) is 26.4. The van der Waals surface area contributed by atoms with Crippen LogP contribution in [0, 0.1) is 0 Å². The summed E-state index contributed by atoms with van der Waals surface area (Å²) in [5.74, 6) is -0.257. The summed E-state index contributed by atoms with van der Waals surface area (Å²) in [6.45, 7) is 5.71. The Hall–Kier alpha value is -3.13. The fraction of sp³-hybridized carbons (Fsp3) is 0.320. The Balaban J connectivity index is 1.84. The summed E-state index contributed by atoms with van der Waals surface area (Å²) >= 11 is 3.57.